The average Bonchev–Trinajstić information content (AvgIpc) is 2.25. The van der Waals surface area contributed by atoms with Crippen LogP contribution < -0.4 is 4.74 Å². The number of methoxy groups -OCH3 is 1. The molecule has 17 heavy (non-hydrogen) atoms. The van der Waals surface area contributed by atoms with E-state index < -0.39 is 23.2 Å². The standard InChI is InChI=1S/C11H10F2O4/c1-11(12,13)7-5-6(9(14)10(15)16)3-4-8(7)17-2/h3-5H,1-2H3,(H,15,16). The Kier molecular flexibility index (Phi) is 3.45. The van der Waals surface area contributed by atoms with Crippen molar-refractivity contribution in [3.8, 4) is 5.75 Å². The molecule has 0 amide bonds. The molecule has 0 spiro atoms. The van der Waals surface area contributed by atoms with Crippen molar-refractivity contribution < 1.29 is 28.2 Å². The highest BCUT2D eigenvalue weighted by Gasteiger charge is 2.30. The van der Waals surface area contributed by atoms with Crippen LogP contribution in [0, 0.1) is 0 Å². The molecule has 0 aliphatic rings. The molecule has 0 bridgehead atoms. The molecule has 1 N–H and O–H groups in total. The first-order valence-electron chi connectivity index (χ1n) is 4.61. The van der Waals surface area contributed by atoms with Gasteiger partial charge in [0.25, 0.3) is 11.7 Å². The van der Waals surface area contributed by atoms with Crippen LogP contribution in [0.5, 0.6) is 5.75 Å². The van der Waals surface area contributed by atoms with E-state index in [-0.39, 0.29) is 11.3 Å². The van der Waals surface area contributed by atoms with E-state index in [0.29, 0.717) is 6.92 Å². The van der Waals surface area contributed by atoms with E-state index in [2.05, 4.69) is 0 Å². The van der Waals surface area contributed by atoms with Gasteiger partial charge in [0.2, 0.25) is 0 Å². The molecule has 0 aliphatic heterocycles. The van der Waals surface area contributed by atoms with Crippen molar-refractivity contribution in [3.63, 3.8) is 0 Å². The highest BCUT2D eigenvalue weighted by atomic mass is 19.3. The van der Waals surface area contributed by atoms with Crippen LogP contribution in [-0.4, -0.2) is 24.0 Å². The Morgan fingerprint density at radius 2 is 1.94 bits per heavy atom. The number of carbonyl (C=O) groups excluding carboxylic acids is 1. The summed E-state index contributed by atoms with van der Waals surface area (Å²) in [6, 6.07) is 3.10. The fourth-order valence-electron chi connectivity index (χ4n) is 1.32. The third-order valence-corrected chi connectivity index (χ3v) is 2.13. The lowest BCUT2D eigenvalue weighted by atomic mass is 10.0. The monoisotopic (exact) mass is 244 g/mol. The number of rotatable bonds is 4. The Morgan fingerprint density at radius 1 is 1.35 bits per heavy atom. The summed E-state index contributed by atoms with van der Waals surface area (Å²) >= 11 is 0. The van der Waals surface area contributed by atoms with E-state index in [1.54, 1.807) is 0 Å². The second-order valence-corrected chi connectivity index (χ2v) is 3.44. The first-order chi connectivity index (χ1) is 7.77. The maximum Gasteiger partial charge on any atom is 0.377 e. The summed E-state index contributed by atoms with van der Waals surface area (Å²) in [5.74, 6) is -6.25. The highest BCUT2D eigenvalue weighted by Crippen LogP contribution is 2.35. The molecule has 6 heteroatoms. The third-order valence-electron chi connectivity index (χ3n) is 2.13. The van der Waals surface area contributed by atoms with Gasteiger partial charge in [-0.1, -0.05) is 0 Å². The van der Waals surface area contributed by atoms with Gasteiger partial charge in [0.05, 0.1) is 12.7 Å². The number of alkyl halides is 2. The molecule has 1 rings (SSSR count). The van der Waals surface area contributed by atoms with Crippen LogP contribution in [0.1, 0.15) is 22.8 Å². The number of hydrogen-bond donors (Lipinski definition) is 1. The molecule has 92 valence electrons. The molecule has 1 aromatic carbocycles. The number of carboxylic acids is 1. The predicted molar refractivity (Wildman–Crippen MR) is 54.5 cm³/mol. The Balaban J connectivity index is 3.32. The van der Waals surface area contributed by atoms with Crippen LogP contribution in [0.2, 0.25) is 0 Å². The number of benzene rings is 1. The van der Waals surface area contributed by atoms with E-state index in [1.807, 2.05) is 0 Å². The lowest BCUT2D eigenvalue weighted by Crippen LogP contribution is -2.15. The summed E-state index contributed by atoms with van der Waals surface area (Å²) in [7, 11) is 1.21. The summed E-state index contributed by atoms with van der Waals surface area (Å²) in [5, 5.41) is 8.49. The zero-order valence-electron chi connectivity index (χ0n) is 9.16. The lowest BCUT2D eigenvalue weighted by molar-refractivity contribution is -0.131. The van der Waals surface area contributed by atoms with Gasteiger partial charge in [-0.15, -0.1) is 0 Å². The van der Waals surface area contributed by atoms with Crippen LogP contribution in [0.25, 0.3) is 0 Å². The van der Waals surface area contributed by atoms with E-state index in [1.165, 1.54) is 7.11 Å². The molecule has 0 saturated carbocycles. The molecular formula is C11H10F2O4. The van der Waals surface area contributed by atoms with Crippen LogP contribution in [-0.2, 0) is 10.7 Å². The molecule has 0 atom stereocenters. The quantitative estimate of drug-likeness (QED) is 0.650. The SMILES string of the molecule is COc1ccc(C(=O)C(=O)O)cc1C(C)(F)F. The lowest BCUT2D eigenvalue weighted by Gasteiger charge is -2.15. The second-order valence-electron chi connectivity index (χ2n) is 3.44. The molecule has 0 unspecified atom stereocenters. The fourth-order valence-corrected chi connectivity index (χ4v) is 1.32. The Morgan fingerprint density at radius 3 is 2.35 bits per heavy atom. The summed E-state index contributed by atoms with van der Waals surface area (Å²) in [6.45, 7) is 0.639. The third kappa shape index (κ3) is 2.77. The van der Waals surface area contributed by atoms with Gasteiger partial charge < -0.3 is 9.84 Å². The minimum Gasteiger partial charge on any atom is -0.496 e. The van der Waals surface area contributed by atoms with Gasteiger partial charge in [0.15, 0.2) is 0 Å². The minimum absolute atomic E-state index is 0.0977. The van der Waals surface area contributed by atoms with Crippen LogP contribution in [0.3, 0.4) is 0 Å². The fraction of sp³-hybridized carbons (Fsp3) is 0.273. The maximum atomic E-state index is 13.2. The average molecular weight is 244 g/mol. The van der Waals surface area contributed by atoms with Crippen molar-refractivity contribution in [1.29, 1.82) is 0 Å². The van der Waals surface area contributed by atoms with Gasteiger partial charge in [0, 0.05) is 12.5 Å². The molecule has 0 aromatic heterocycles. The van der Waals surface area contributed by atoms with Crippen molar-refractivity contribution >= 4 is 11.8 Å². The Labute approximate surface area is 95.8 Å². The molecule has 0 aliphatic carbocycles. The summed E-state index contributed by atoms with van der Waals surface area (Å²) < 4.78 is 31.1. The molecule has 4 nitrogen and oxygen atoms in total. The second kappa shape index (κ2) is 4.48. The first kappa shape index (κ1) is 13.1. The Hall–Kier alpha value is -1.98. The van der Waals surface area contributed by atoms with Crippen LogP contribution >= 0.6 is 0 Å². The molecule has 0 fully saturated rings. The number of hydrogen-bond acceptors (Lipinski definition) is 3. The van der Waals surface area contributed by atoms with Gasteiger partial charge in [-0.25, -0.2) is 13.6 Å². The smallest absolute Gasteiger partial charge is 0.377 e. The normalized spacial score (nSPS) is 11.1. The van der Waals surface area contributed by atoms with Gasteiger partial charge in [0.1, 0.15) is 5.75 Å². The van der Waals surface area contributed by atoms with Crippen LogP contribution in [0.15, 0.2) is 18.2 Å². The molecular weight excluding hydrogens is 234 g/mol. The van der Waals surface area contributed by atoms with Crippen LogP contribution in [0.4, 0.5) is 8.78 Å². The molecule has 1 aromatic rings. The number of carbonyl (C=O) groups is 2. The minimum atomic E-state index is -3.22. The van der Waals surface area contributed by atoms with Crippen molar-refractivity contribution in [2.75, 3.05) is 7.11 Å². The topological polar surface area (TPSA) is 63.6 Å². The van der Waals surface area contributed by atoms with Gasteiger partial charge in [-0.2, -0.15) is 0 Å². The van der Waals surface area contributed by atoms with E-state index in [4.69, 9.17) is 9.84 Å². The predicted octanol–water partition coefficient (Wildman–Crippen LogP) is 2.07. The molecule has 0 radical (unpaired) electrons. The summed E-state index contributed by atoms with van der Waals surface area (Å²) in [5.41, 5.74) is -0.832. The summed E-state index contributed by atoms with van der Waals surface area (Å²) in [6.07, 6.45) is 0. The van der Waals surface area contributed by atoms with Gasteiger partial charge in [-0.05, 0) is 18.2 Å². The number of ketones is 1. The first-order valence-corrected chi connectivity index (χ1v) is 4.61. The van der Waals surface area contributed by atoms with Crippen molar-refractivity contribution in [2.24, 2.45) is 0 Å². The van der Waals surface area contributed by atoms with Gasteiger partial charge >= 0.3 is 5.97 Å². The number of ether oxygens (including phenoxy) is 1. The Bertz CT molecular complexity index is 463. The number of halogens is 2. The number of carboxylic acid groups (broad SMARTS) is 1. The highest BCUT2D eigenvalue weighted by molar-refractivity contribution is 6.39. The summed E-state index contributed by atoms with van der Waals surface area (Å²) in [4.78, 5) is 21.6. The zero-order valence-corrected chi connectivity index (χ0v) is 9.16. The van der Waals surface area contributed by atoms with E-state index in [0.717, 1.165) is 18.2 Å². The van der Waals surface area contributed by atoms with Crippen molar-refractivity contribution in [3.05, 3.63) is 29.3 Å². The number of aliphatic carboxylic acids is 1. The largest absolute Gasteiger partial charge is 0.496 e. The zero-order chi connectivity index (χ0) is 13.2. The van der Waals surface area contributed by atoms with E-state index in [9.17, 15) is 18.4 Å². The maximum absolute atomic E-state index is 13.2. The molecule has 0 heterocycles. The van der Waals surface area contributed by atoms with Gasteiger partial charge in [-0.3, -0.25) is 4.79 Å². The molecule has 0 saturated heterocycles. The van der Waals surface area contributed by atoms with Crippen molar-refractivity contribution in [1.82, 2.24) is 0 Å². The number of Topliss-reactive ketones (excluding diaryl/α,β-unsaturated/α-hetero) is 1. The van der Waals surface area contributed by atoms with E-state index >= 15 is 0 Å². The van der Waals surface area contributed by atoms with Crippen molar-refractivity contribution in [2.45, 2.75) is 12.8 Å².